The zero-order valence-electron chi connectivity index (χ0n) is 9.75. The number of benzene rings is 1. The third-order valence-electron chi connectivity index (χ3n) is 2.85. The van der Waals surface area contributed by atoms with Gasteiger partial charge in [-0.1, -0.05) is 35.5 Å². The van der Waals surface area contributed by atoms with E-state index in [1.165, 1.54) is 4.90 Å². The minimum absolute atomic E-state index is 0.298. The fourth-order valence-corrected chi connectivity index (χ4v) is 3.14. The summed E-state index contributed by atoms with van der Waals surface area (Å²) >= 11 is 1.80. The summed E-state index contributed by atoms with van der Waals surface area (Å²) in [5.41, 5.74) is 0.920. The summed E-state index contributed by atoms with van der Waals surface area (Å²) in [5.74, 6) is 0. The van der Waals surface area contributed by atoms with Gasteiger partial charge in [-0.2, -0.15) is 0 Å². The summed E-state index contributed by atoms with van der Waals surface area (Å²) in [5, 5.41) is 12.9. The van der Waals surface area contributed by atoms with Crippen LogP contribution in [-0.2, 0) is 0 Å². The van der Waals surface area contributed by atoms with Crippen LogP contribution in [0.4, 0.5) is 0 Å². The van der Waals surface area contributed by atoms with Crippen molar-refractivity contribution in [2.75, 3.05) is 0 Å². The van der Waals surface area contributed by atoms with E-state index in [1.54, 1.807) is 11.8 Å². The third-order valence-corrected chi connectivity index (χ3v) is 4.19. The number of hydrogen-bond donors (Lipinski definition) is 1. The molecule has 1 aromatic carbocycles. The lowest BCUT2D eigenvalue weighted by atomic mass is 10.0. The van der Waals surface area contributed by atoms with Crippen LogP contribution in [0.2, 0.25) is 0 Å². The molecule has 17 heavy (non-hydrogen) atoms. The van der Waals surface area contributed by atoms with Crippen LogP contribution < -0.4 is 0 Å². The highest BCUT2D eigenvalue weighted by Gasteiger charge is 2.18. The largest absolute Gasteiger partial charge is 0.411 e. The summed E-state index contributed by atoms with van der Waals surface area (Å²) in [6.45, 7) is 0. The Kier molecular flexibility index (Phi) is 4.68. The Balaban J connectivity index is 2.08. The monoisotopic (exact) mass is 247 g/mol. The van der Waals surface area contributed by atoms with E-state index >= 15 is 0 Å². The molecule has 0 bridgehead atoms. The standard InChI is InChI=1S/C14H17NOS/c16-15-13-10-6-1-2-7-11-14(13)17-12-8-4-3-5-9-12/h1-5,8-9,14,16H,6-7,10-11H2/b2-1?,15-13-/t14-/m0/s1. The fourth-order valence-electron chi connectivity index (χ4n) is 1.95. The third kappa shape index (κ3) is 3.63. The molecular formula is C14H17NOS. The van der Waals surface area contributed by atoms with Gasteiger partial charge in [0.05, 0.1) is 11.0 Å². The van der Waals surface area contributed by atoms with Crippen molar-refractivity contribution >= 4 is 17.5 Å². The molecule has 0 unspecified atom stereocenters. The average molecular weight is 247 g/mol. The Labute approximate surface area is 106 Å². The van der Waals surface area contributed by atoms with E-state index in [2.05, 4.69) is 29.4 Å². The van der Waals surface area contributed by atoms with Crippen LogP contribution >= 0.6 is 11.8 Å². The van der Waals surface area contributed by atoms with Gasteiger partial charge in [0.1, 0.15) is 0 Å². The van der Waals surface area contributed by atoms with E-state index in [9.17, 15) is 0 Å². The molecule has 0 heterocycles. The molecule has 1 aliphatic rings. The Bertz CT molecular complexity index is 400. The molecule has 0 saturated carbocycles. The summed E-state index contributed by atoms with van der Waals surface area (Å²) in [7, 11) is 0. The summed E-state index contributed by atoms with van der Waals surface area (Å²) in [6, 6.07) is 10.3. The number of thioether (sulfide) groups is 1. The van der Waals surface area contributed by atoms with Crippen LogP contribution in [0.5, 0.6) is 0 Å². The lowest BCUT2D eigenvalue weighted by Gasteiger charge is -2.18. The number of rotatable bonds is 2. The Hall–Kier alpha value is -1.22. The predicted octanol–water partition coefficient (Wildman–Crippen LogP) is 4.11. The highest BCUT2D eigenvalue weighted by molar-refractivity contribution is 8.00. The highest BCUT2D eigenvalue weighted by Crippen LogP contribution is 2.29. The van der Waals surface area contributed by atoms with E-state index in [0.717, 1.165) is 31.4 Å². The maximum absolute atomic E-state index is 9.11. The van der Waals surface area contributed by atoms with Gasteiger partial charge in [-0.05, 0) is 37.8 Å². The van der Waals surface area contributed by atoms with Gasteiger partial charge in [0.2, 0.25) is 0 Å². The van der Waals surface area contributed by atoms with Crippen LogP contribution in [0.1, 0.15) is 25.7 Å². The molecule has 2 nitrogen and oxygen atoms in total. The molecule has 2 rings (SSSR count). The van der Waals surface area contributed by atoms with E-state index < -0.39 is 0 Å². The first-order valence-corrected chi connectivity index (χ1v) is 6.85. The molecule has 0 radical (unpaired) electrons. The van der Waals surface area contributed by atoms with Gasteiger partial charge >= 0.3 is 0 Å². The Morgan fingerprint density at radius 1 is 1.12 bits per heavy atom. The summed E-state index contributed by atoms with van der Waals surface area (Å²) < 4.78 is 0. The van der Waals surface area contributed by atoms with Gasteiger partial charge in [0.25, 0.3) is 0 Å². The topological polar surface area (TPSA) is 32.6 Å². The first-order valence-electron chi connectivity index (χ1n) is 5.97. The lowest BCUT2D eigenvalue weighted by molar-refractivity contribution is 0.316. The number of allylic oxidation sites excluding steroid dienone is 2. The zero-order chi connectivity index (χ0) is 11.9. The fraction of sp³-hybridized carbons (Fsp3) is 0.357. The molecule has 1 aromatic rings. The molecule has 0 amide bonds. The molecule has 0 aliphatic heterocycles. The maximum Gasteiger partial charge on any atom is 0.0707 e. The molecule has 1 atom stereocenters. The van der Waals surface area contributed by atoms with Crippen molar-refractivity contribution in [2.24, 2.45) is 5.16 Å². The number of nitrogens with zero attached hydrogens (tertiary/aromatic N) is 1. The van der Waals surface area contributed by atoms with Crippen LogP contribution in [0.15, 0.2) is 52.5 Å². The van der Waals surface area contributed by atoms with Gasteiger partial charge in [0.15, 0.2) is 0 Å². The average Bonchev–Trinajstić information content (AvgIpc) is 2.34. The van der Waals surface area contributed by atoms with Crippen LogP contribution in [0.25, 0.3) is 0 Å². The molecule has 0 fully saturated rings. The molecule has 90 valence electrons. The number of oxime groups is 1. The van der Waals surface area contributed by atoms with Crippen molar-refractivity contribution in [2.45, 2.75) is 35.8 Å². The van der Waals surface area contributed by atoms with E-state index in [0.29, 0.717) is 5.25 Å². The van der Waals surface area contributed by atoms with Gasteiger partial charge in [-0.25, -0.2) is 0 Å². The molecule has 0 saturated heterocycles. The van der Waals surface area contributed by atoms with Crippen LogP contribution in [0, 0.1) is 0 Å². The maximum atomic E-state index is 9.11. The van der Waals surface area contributed by atoms with Gasteiger partial charge in [0, 0.05) is 4.90 Å². The molecule has 1 N–H and O–H groups in total. The molecule has 1 aliphatic carbocycles. The first-order chi connectivity index (χ1) is 8.40. The quantitative estimate of drug-likeness (QED) is 0.484. The molecule has 0 aromatic heterocycles. The smallest absolute Gasteiger partial charge is 0.0707 e. The van der Waals surface area contributed by atoms with Crippen LogP contribution in [-0.4, -0.2) is 16.2 Å². The van der Waals surface area contributed by atoms with Crippen molar-refractivity contribution in [3.05, 3.63) is 42.5 Å². The van der Waals surface area contributed by atoms with Crippen molar-refractivity contribution in [1.82, 2.24) is 0 Å². The highest BCUT2D eigenvalue weighted by atomic mass is 32.2. The summed E-state index contributed by atoms with van der Waals surface area (Å²) in [6.07, 6.45) is 8.34. The minimum atomic E-state index is 0.298. The normalized spacial score (nSPS) is 23.3. The second-order valence-electron chi connectivity index (χ2n) is 4.10. The molecule has 0 spiro atoms. The summed E-state index contributed by atoms with van der Waals surface area (Å²) in [4.78, 5) is 1.24. The van der Waals surface area contributed by atoms with Crippen LogP contribution in [0.3, 0.4) is 0 Å². The predicted molar refractivity (Wildman–Crippen MR) is 72.9 cm³/mol. The minimum Gasteiger partial charge on any atom is -0.411 e. The Morgan fingerprint density at radius 2 is 1.88 bits per heavy atom. The molecular weight excluding hydrogens is 230 g/mol. The van der Waals surface area contributed by atoms with Gasteiger partial charge in [-0.3, -0.25) is 0 Å². The zero-order valence-corrected chi connectivity index (χ0v) is 10.6. The second-order valence-corrected chi connectivity index (χ2v) is 5.37. The number of hydrogen-bond acceptors (Lipinski definition) is 3. The van der Waals surface area contributed by atoms with E-state index in [1.807, 2.05) is 18.2 Å². The molecule has 3 heteroatoms. The first kappa shape index (κ1) is 12.2. The van der Waals surface area contributed by atoms with E-state index in [4.69, 9.17) is 5.21 Å². The van der Waals surface area contributed by atoms with Gasteiger partial charge in [-0.15, -0.1) is 11.8 Å². The van der Waals surface area contributed by atoms with Crippen molar-refractivity contribution in [3.63, 3.8) is 0 Å². The van der Waals surface area contributed by atoms with Crippen molar-refractivity contribution in [1.29, 1.82) is 0 Å². The second kappa shape index (κ2) is 6.50. The SMILES string of the molecule is O/N=C1/CCC=CCC[C@@H]1Sc1ccccc1. The van der Waals surface area contributed by atoms with E-state index in [-0.39, 0.29) is 0 Å². The Morgan fingerprint density at radius 3 is 2.65 bits per heavy atom. The van der Waals surface area contributed by atoms with Gasteiger partial charge < -0.3 is 5.21 Å². The lowest BCUT2D eigenvalue weighted by Crippen LogP contribution is -2.18. The van der Waals surface area contributed by atoms with Crippen molar-refractivity contribution in [3.8, 4) is 0 Å². The van der Waals surface area contributed by atoms with Crippen molar-refractivity contribution < 1.29 is 5.21 Å².